The van der Waals surface area contributed by atoms with Crippen molar-refractivity contribution in [3.63, 3.8) is 0 Å². The largest absolute Gasteiger partial charge is 0.398 e. The summed E-state index contributed by atoms with van der Waals surface area (Å²) < 4.78 is 13.2. The second-order valence-electron chi connectivity index (χ2n) is 4.44. The third-order valence-electron chi connectivity index (χ3n) is 2.93. The van der Waals surface area contributed by atoms with Crippen LogP contribution in [0.25, 0.3) is 0 Å². The molecule has 2 rings (SSSR count). The van der Waals surface area contributed by atoms with Crippen LogP contribution < -0.4 is 11.1 Å². The van der Waals surface area contributed by atoms with E-state index in [0.717, 1.165) is 12.1 Å². The van der Waals surface area contributed by atoms with Crippen LogP contribution in [0.4, 0.5) is 21.5 Å². The molecule has 0 radical (unpaired) electrons. The Hall–Kier alpha value is -2.96. The highest BCUT2D eigenvalue weighted by Crippen LogP contribution is 2.22. The molecule has 0 aliphatic rings. The van der Waals surface area contributed by atoms with Gasteiger partial charge < -0.3 is 11.1 Å². The van der Waals surface area contributed by atoms with Crippen molar-refractivity contribution in [1.82, 2.24) is 0 Å². The Kier molecular flexibility index (Phi) is 3.84. The molecular formula is C14H12FN3O3. The number of nitrogens with one attached hydrogen (secondary N) is 1. The van der Waals surface area contributed by atoms with Crippen LogP contribution in [0.15, 0.2) is 36.4 Å². The molecule has 2 aromatic carbocycles. The maximum atomic E-state index is 13.2. The lowest BCUT2D eigenvalue weighted by Gasteiger charge is -2.10. The summed E-state index contributed by atoms with van der Waals surface area (Å²) in [4.78, 5) is 22.2. The van der Waals surface area contributed by atoms with Crippen LogP contribution in [-0.2, 0) is 0 Å². The van der Waals surface area contributed by atoms with E-state index in [1.807, 2.05) is 0 Å². The molecule has 21 heavy (non-hydrogen) atoms. The fraction of sp³-hybridized carbons (Fsp3) is 0.0714. The highest BCUT2D eigenvalue weighted by atomic mass is 19.1. The topological polar surface area (TPSA) is 98.3 Å². The number of nitrogens with zero attached hydrogens (tertiary/aromatic N) is 1. The molecule has 3 N–H and O–H groups in total. The Morgan fingerprint density at radius 3 is 2.62 bits per heavy atom. The quantitative estimate of drug-likeness (QED) is 0.515. The van der Waals surface area contributed by atoms with Crippen molar-refractivity contribution in [3.8, 4) is 0 Å². The molecule has 0 aliphatic carbocycles. The summed E-state index contributed by atoms with van der Waals surface area (Å²) in [5.74, 6) is -1.15. The summed E-state index contributed by atoms with van der Waals surface area (Å²) in [6, 6.07) is 7.52. The maximum absolute atomic E-state index is 13.2. The van der Waals surface area contributed by atoms with Crippen LogP contribution in [0.1, 0.15) is 15.9 Å². The van der Waals surface area contributed by atoms with Crippen molar-refractivity contribution in [2.24, 2.45) is 0 Å². The van der Waals surface area contributed by atoms with Gasteiger partial charge in [0.25, 0.3) is 11.6 Å². The molecule has 1 amide bonds. The number of nitrogen functional groups attached to an aromatic ring is 1. The van der Waals surface area contributed by atoms with E-state index in [1.54, 1.807) is 6.92 Å². The number of carbonyl (C=O) groups is 1. The molecule has 2 aromatic rings. The van der Waals surface area contributed by atoms with Crippen molar-refractivity contribution in [3.05, 3.63) is 63.5 Å². The summed E-state index contributed by atoms with van der Waals surface area (Å²) >= 11 is 0. The molecule has 0 heterocycles. The normalized spacial score (nSPS) is 10.2. The zero-order chi connectivity index (χ0) is 15.6. The van der Waals surface area contributed by atoms with Crippen LogP contribution in [0.2, 0.25) is 0 Å². The van der Waals surface area contributed by atoms with E-state index in [9.17, 15) is 19.3 Å². The molecule has 0 aromatic heterocycles. The van der Waals surface area contributed by atoms with E-state index in [4.69, 9.17) is 5.73 Å². The average molecular weight is 289 g/mol. The first-order valence-corrected chi connectivity index (χ1v) is 6.00. The monoisotopic (exact) mass is 289 g/mol. The van der Waals surface area contributed by atoms with Crippen molar-refractivity contribution in [2.45, 2.75) is 6.92 Å². The third-order valence-corrected chi connectivity index (χ3v) is 2.93. The molecule has 108 valence electrons. The predicted molar refractivity (Wildman–Crippen MR) is 76.6 cm³/mol. The standard InChI is InChI=1S/C14H12FN3O3/c1-8-6-10(18(20)21)3-5-13(8)17-14(19)11-7-9(15)2-4-12(11)16/h2-7H,16H2,1H3,(H,17,19). The van der Waals surface area contributed by atoms with E-state index in [1.165, 1.54) is 24.3 Å². The van der Waals surface area contributed by atoms with E-state index in [2.05, 4.69) is 5.32 Å². The average Bonchev–Trinajstić information content (AvgIpc) is 2.43. The molecule has 0 saturated heterocycles. The number of hydrogen-bond acceptors (Lipinski definition) is 4. The van der Waals surface area contributed by atoms with E-state index < -0.39 is 16.6 Å². The first-order chi connectivity index (χ1) is 9.88. The molecule has 0 fully saturated rings. The first kappa shape index (κ1) is 14.4. The summed E-state index contributed by atoms with van der Waals surface area (Å²) in [6.45, 7) is 1.62. The minimum Gasteiger partial charge on any atom is -0.398 e. The first-order valence-electron chi connectivity index (χ1n) is 6.00. The Morgan fingerprint density at radius 2 is 2.00 bits per heavy atom. The van der Waals surface area contributed by atoms with Crippen molar-refractivity contribution in [2.75, 3.05) is 11.1 Å². The van der Waals surface area contributed by atoms with Gasteiger partial charge in [0.2, 0.25) is 0 Å². The summed E-state index contributed by atoms with van der Waals surface area (Å²) in [5, 5.41) is 13.2. The smallest absolute Gasteiger partial charge is 0.269 e. The molecule has 0 bridgehead atoms. The van der Waals surface area contributed by atoms with Crippen LogP contribution >= 0.6 is 0 Å². The summed E-state index contributed by atoms with van der Waals surface area (Å²) in [6.07, 6.45) is 0. The van der Waals surface area contributed by atoms with Gasteiger partial charge in [0, 0.05) is 23.5 Å². The van der Waals surface area contributed by atoms with E-state index >= 15 is 0 Å². The molecule has 7 heteroatoms. The highest BCUT2D eigenvalue weighted by molar-refractivity contribution is 6.08. The number of non-ortho nitro benzene ring substituents is 1. The minimum atomic E-state index is -0.580. The molecule has 0 unspecified atom stereocenters. The predicted octanol–water partition coefficient (Wildman–Crippen LogP) is 2.88. The van der Waals surface area contributed by atoms with Crippen LogP contribution in [0.5, 0.6) is 0 Å². The number of nitro groups is 1. The zero-order valence-corrected chi connectivity index (χ0v) is 11.1. The number of nitro benzene ring substituents is 1. The van der Waals surface area contributed by atoms with Crippen LogP contribution in [0.3, 0.4) is 0 Å². The van der Waals surface area contributed by atoms with E-state index in [-0.39, 0.29) is 16.9 Å². The van der Waals surface area contributed by atoms with Gasteiger partial charge in [-0.25, -0.2) is 4.39 Å². The molecule has 0 spiro atoms. The van der Waals surface area contributed by atoms with Gasteiger partial charge in [-0.05, 0) is 36.8 Å². The Morgan fingerprint density at radius 1 is 1.29 bits per heavy atom. The fourth-order valence-corrected chi connectivity index (χ4v) is 1.82. The van der Waals surface area contributed by atoms with Gasteiger partial charge >= 0.3 is 0 Å². The highest BCUT2D eigenvalue weighted by Gasteiger charge is 2.14. The summed E-state index contributed by atoms with van der Waals surface area (Å²) in [7, 11) is 0. The number of carbonyl (C=O) groups excluding carboxylic acids is 1. The Balaban J connectivity index is 2.27. The number of halogens is 1. The van der Waals surface area contributed by atoms with Gasteiger partial charge in [-0.15, -0.1) is 0 Å². The molecular weight excluding hydrogens is 277 g/mol. The maximum Gasteiger partial charge on any atom is 0.269 e. The van der Waals surface area contributed by atoms with Crippen molar-refractivity contribution < 1.29 is 14.1 Å². The number of rotatable bonds is 3. The molecule has 0 aliphatic heterocycles. The number of aryl methyl sites for hydroxylation is 1. The summed E-state index contributed by atoms with van der Waals surface area (Å²) in [5.41, 5.74) is 6.63. The van der Waals surface area contributed by atoms with Crippen LogP contribution in [-0.4, -0.2) is 10.8 Å². The van der Waals surface area contributed by atoms with Gasteiger partial charge in [0.15, 0.2) is 0 Å². The second kappa shape index (κ2) is 5.58. The third kappa shape index (κ3) is 3.14. The molecule has 0 atom stereocenters. The SMILES string of the molecule is Cc1cc([N+](=O)[O-])ccc1NC(=O)c1cc(F)ccc1N. The Bertz CT molecular complexity index is 731. The second-order valence-corrected chi connectivity index (χ2v) is 4.44. The lowest BCUT2D eigenvalue weighted by Crippen LogP contribution is -2.15. The number of hydrogen-bond donors (Lipinski definition) is 2. The lowest BCUT2D eigenvalue weighted by atomic mass is 10.1. The molecule has 0 saturated carbocycles. The van der Waals surface area contributed by atoms with Gasteiger partial charge in [-0.1, -0.05) is 0 Å². The van der Waals surface area contributed by atoms with Crippen LogP contribution in [0, 0.1) is 22.9 Å². The lowest BCUT2D eigenvalue weighted by molar-refractivity contribution is -0.384. The van der Waals surface area contributed by atoms with Gasteiger partial charge in [0.1, 0.15) is 5.82 Å². The van der Waals surface area contributed by atoms with Crippen molar-refractivity contribution in [1.29, 1.82) is 0 Å². The van der Waals surface area contributed by atoms with Crippen molar-refractivity contribution >= 4 is 23.0 Å². The molecule has 6 nitrogen and oxygen atoms in total. The Labute approximate surface area is 119 Å². The van der Waals surface area contributed by atoms with Gasteiger partial charge in [0.05, 0.1) is 10.5 Å². The zero-order valence-electron chi connectivity index (χ0n) is 11.1. The van der Waals surface area contributed by atoms with Gasteiger partial charge in [-0.3, -0.25) is 14.9 Å². The van der Waals surface area contributed by atoms with Gasteiger partial charge in [-0.2, -0.15) is 0 Å². The number of amides is 1. The number of benzene rings is 2. The minimum absolute atomic E-state index is 0.00718. The number of nitrogens with two attached hydrogens (primary N) is 1. The fourth-order valence-electron chi connectivity index (χ4n) is 1.82. The number of anilines is 2. The van der Waals surface area contributed by atoms with E-state index in [0.29, 0.717) is 11.3 Å².